The molecule has 8 aliphatic rings. The first-order valence-electron chi connectivity index (χ1n) is 42.0. The van der Waals surface area contributed by atoms with Crippen molar-refractivity contribution in [1.29, 1.82) is 0 Å². The lowest BCUT2D eigenvalue weighted by Crippen LogP contribution is -2.50. The van der Waals surface area contributed by atoms with Crippen molar-refractivity contribution in [2.45, 2.75) is 199 Å². The number of thiophene rings is 4. The molecular formula is C89H112ClN15O15S4. The largest absolute Gasteiger partial charge is 0.478 e. The smallest absolute Gasteiger partial charge is 0.410 e. The van der Waals surface area contributed by atoms with Gasteiger partial charge in [0, 0.05) is 171 Å². The van der Waals surface area contributed by atoms with Crippen LogP contribution in [-0.2, 0) is 19.1 Å². The molecule has 0 radical (unpaired) electrons. The third-order valence-corrected chi connectivity index (χ3v) is 26.2. The Balaban J connectivity index is 0.000000152. The van der Waals surface area contributed by atoms with Crippen LogP contribution in [0.5, 0.6) is 0 Å². The number of carboxylic acids is 1. The van der Waals surface area contributed by atoms with E-state index in [-0.39, 0.29) is 107 Å². The fourth-order valence-electron chi connectivity index (χ4n) is 15.2. The minimum absolute atomic E-state index is 0.0137. The topological polar surface area (TPSA) is 412 Å². The maximum atomic E-state index is 13.0. The number of rotatable bonds is 9. The number of nitrogens with one attached hydrogen (secondary N) is 11. The van der Waals surface area contributed by atoms with E-state index < -0.39 is 22.4 Å². The predicted octanol–water partition coefficient (Wildman–Crippen LogP) is 13.9. The number of piperidine rings is 3. The number of anilines is 4. The average Bonchev–Trinajstić information content (AvgIpc) is 1.64. The van der Waals surface area contributed by atoms with E-state index in [1.807, 2.05) is 112 Å². The summed E-state index contributed by atoms with van der Waals surface area (Å²) in [4.78, 5) is 152. The molecule has 4 aromatic carbocycles. The molecule has 8 aromatic rings. The van der Waals surface area contributed by atoms with E-state index in [1.54, 1.807) is 45.0 Å². The monoisotopic (exact) mass is 1790 g/mol. The molecule has 4 aromatic heterocycles. The number of hydrogen-bond acceptors (Lipinski definition) is 23. The summed E-state index contributed by atoms with van der Waals surface area (Å²) in [5.74, 6) is -1.76. The van der Waals surface area contributed by atoms with Crippen molar-refractivity contribution in [2.75, 3.05) is 86.7 Å². The maximum Gasteiger partial charge on any atom is 0.410 e. The molecule has 2 unspecified atom stereocenters. The standard InChI is InChI=1S/C23H30N4O4S.C21H24N4O3S.C19H23N3O2S.C13H12N2O3S.C10H20N2O2.C3H3ClO/c1-13-11-24-18-16-10-14(7-8-17(16)32-19(18)21(29)25-13)20(28)26-15-6-5-9-27(12-15)22(30)31-23(2,3)4;1-3-17(26)25-8-4-5-14(11-25)24-20(27)13-6-7-16-15(9-13)18-19(29-16)21(28)23-12(2)10-22-18;1-11-10-20-16-14-9-12(18(23)22-13-5-3-2-4-6-13)7-8-15(14)25-17(16)19(24)21-11;1-6-5-14-10-8-4-7(13(17)18)2-3-9(8)19-11(10)12(16)15-6;1-10(2,3)14-9(13)12-6-4-5-8(11)7-12;1-2-3(4)5/h7-8,10,13,15,24H,5-6,9,11-12H2,1-4H3,(H,25,29)(H,26,28);3,6-7,9,12,14,22H,1,4-5,8,10-11H2,2H3,(H,23,28)(H,24,27);7-9,11,13,20H,2-6,10H2,1H3,(H,21,24)(H,22,23);2-4,6,14H,5H2,1H3,(H,15,16)(H,17,18);8H,4-7,11H2,1-3H3;2H,1H2/t13-,15?;12-,14?;11-;6-;8-;/m11110./s1. The number of ether oxygens (including phenoxy) is 2. The van der Waals surface area contributed by atoms with E-state index >= 15 is 0 Å². The lowest BCUT2D eigenvalue weighted by Gasteiger charge is -2.34. The number of likely N-dealkylation sites (tertiary alicyclic amines) is 3. The van der Waals surface area contributed by atoms with Crippen LogP contribution in [0.15, 0.2) is 98.1 Å². The molecule has 3 saturated heterocycles. The van der Waals surface area contributed by atoms with E-state index in [2.05, 4.69) is 71.6 Å². The van der Waals surface area contributed by atoms with Crippen LogP contribution in [0.4, 0.5) is 32.3 Å². The quantitative estimate of drug-likeness (QED) is 0.0471. The van der Waals surface area contributed by atoms with Crippen molar-refractivity contribution < 1.29 is 72.1 Å². The molecule has 16 rings (SSSR count). The van der Waals surface area contributed by atoms with Crippen molar-refractivity contribution in [3.05, 3.63) is 140 Å². The Labute approximate surface area is 741 Å². The molecule has 30 nitrogen and oxygen atoms in total. The molecule has 7 aliphatic heterocycles. The zero-order valence-corrected chi connectivity index (χ0v) is 75.6. The molecular weight excluding hydrogens is 1680 g/mol. The predicted molar refractivity (Wildman–Crippen MR) is 492 cm³/mol. The van der Waals surface area contributed by atoms with Crippen LogP contribution in [0.25, 0.3) is 40.3 Å². The van der Waals surface area contributed by atoms with Gasteiger partial charge in [0.2, 0.25) is 11.1 Å². The van der Waals surface area contributed by atoms with Gasteiger partial charge in [-0.2, -0.15) is 0 Å². The SMILES string of the molecule is C=CC(=O)Cl.C=CC(=O)N1CCCC(NC(=O)c2ccc3sc4c(c3c2)NC[C@@H](C)NC4=O)C1.CC(C)(C)OC(=O)N1CCC[C@H](N)C1.C[C@@H]1CNc2c(sc3ccc(C(=O)NC4CCCCC4)cc23)C(=O)N1.C[C@@H]1CNc2c(sc3ccc(C(=O)NC4CCCN(C(=O)OC(C)(C)C)C4)cc23)C(=O)N1.C[C@@H]1CNc2c(sc3ccc(C(=O)O)cc23)C(=O)N1. The summed E-state index contributed by atoms with van der Waals surface area (Å²) < 4.78 is 14.6. The maximum absolute atomic E-state index is 13.0. The Morgan fingerprint density at radius 2 is 0.742 bits per heavy atom. The Morgan fingerprint density at radius 1 is 0.444 bits per heavy atom. The Kier molecular flexibility index (Phi) is 31.6. The van der Waals surface area contributed by atoms with Crippen LogP contribution < -0.4 is 64.2 Å². The summed E-state index contributed by atoms with van der Waals surface area (Å²) in [7, 11) is 0. The van der Waals surface area contributed by atoms with Crippen LogP contribution in [0, 0.1) is 0 Å². The van der Waals surface area contributed by atoms with Gasteiger partial charge < -0.3 is 93.5 Å². The number of carbonyl (C=O) groups excluding carboxylic acids is 11. The highest BCUT2D eigenvalue weighted by Gasteiger charge is 2.34. The lowest BCUT2D eigenvalue weighted by atomic mass is 9.95. The van der Waals surface area contributed by atoms with Crippen molar-refractivity contribution in [3.8, 4) is 0 Å². The zero-order valence-electron chi connectivity index (χ0n) is 71.6. The van der Waals surface area contributed by atoms with Gasteiger partial charge in [0.15, 0.2) is 0 Å². The van der Waals surface area contributed by atoms with Gasteiger partial charge in [0.25, 0.3) is 41.4 Å². The molecule has 4 fully saturated rings. The molecule has 124 heavy (non-hydrogen) atoms. The second-order valence-corrected chi connectivity index (χ2v) is 38.7. The number of halogens is 1. The highest BCUT2D eigenvalue weighted by atomic mass is 35.5. The minimum atomic E-state index is -0.965. The zero-order chi connectivity index (χ0) is 89.6. The van der Waals surface area contributed by atoms with Crippen molar-refractivity contribution in [1.82, 2.24) is 51.9 Å². The summed E-state index contributed by atoms with van der Waals surface area (Å²) in [6.45, 7) is 31.7. The highest BCUT2D eigenvalue weighted by molar-refractivity contribution is 7.23. The molecule has 664 valence electrons. The van der Waals surface area contributed by atoms with Gasteiger partial charge >= 0.3 is 18.2 Å². The first kappa shape index (κ1) is 93.8. The first-order chi connectivity index (χ1) is 58.9. The van der Waals surface area contributed by atoms with Crippen molar-refractivity contribution in [2.24, 2.45) is 5.73 Å². The van der Waals surface area contributed by atoms with Crippen molar-refractivity contribution in [3.63, 3.8) is 0 Å². The minimum Gasteiger partial charge on any atom is -0.478 e. The molecule has 0 spiro atoms. The summed E-state index contributed by atoms with van der Waals surface area (Å²) in [6, 6.07) is 22.0. The third kappa shape index (κ3) is 24.8. The van der Waals surface area contributed by atoms with Gasteiger partial charge in [-0.3, -0.25) is 43.2 Å². The van der Waals surface area contributed by atoms with Gasteiger partial charge in [-0.15, -0.1) is 45.3 Å². The van der Waals surface area contributed by atoms with Crippen LogP contribution in [-0.4, -0.2) is 215 Å². The van der Waals surface area contributed by atoms with E-state index in [4.69, 9.17) is 31.9 Å². The number of allylic oxidation sites excluding steroid dienone is 1. The van der Waals surface area contributed by atoms with Crippen LogP contribution in [0.3, 0.4) is 0 Å². The average molecular weight is 1800 g/mol. The fraction of sp³-hybridized carbons (Fsp3) is 0.461. The number of nitrogens with zero attached hydrogens (tertiary/aromatic N) is 3. The Morgan fingerprint density at radius 3 is 1.06 bits per heavy atom. The molecule has 1 aliphatic carbocycles. The third-order valence-electron chi connectivity index (χ3n) is 21.3. The van der Waals surface area contributed by atoms with E-state index in [1.165, 1.54) is 70.7 Å². The first-order valence-corrected chi connectivity index (χ1v) is 45.6. The number of amides is 10. The summed E-state index contributed by atoms with van der Waals surface area (Å²) in [5, 5.41) is 46.4. The molecule has 1 saturated carbocycles. The number of hydrogen-bond donors (Lipinski definition) is 13. The molecule has 35 heteroatoms. The number of carboxylic acid groups (broad SMARTS) is 1. The van der Waals surface area contributed by atoms with Gasteiger partial charge in [-0.25, -0.2) is 14.4 Å². The number of nitrogens with two attached hydrogens (primary N) is 1. The summed E-state index contributed by atoms with van der Waals surface area (Å²) in [5.41, 5.74) is 9.96. The Bertz CT molecular complexity index is 5370. The summed E-state index contributed by atoms with van der Waals surface area (Å²) >= 11 is 10.4. The fourth-order valence-corrected chi connectivity index (χ4v) is 19.5. The number of aromatic carboxylic acids is 1. The van der Waals surface area contributed by atoms with Gasteiger partial charge in [0.1, 0.15) is 30.7 Å². The van der Waals surface area contributed by atoms with Crippen LogP contribution >= 0.6 is 56.9 Å². The van der Waals surface area contributed by atoms with Gasteiger partial charge in [-0.05, 0) is 217 Å². The van der Waals surface area contributed by atoms with Gasteiger partial charge in [-0.1, -0.05) is 32.4 Å². The molecule has 10 amide bonds. The van der Waals surface area contributed by atoms with Gasteiger partial charge in [0.05, 0.1) is 28.3 Å². The van der Waals surface area contributed by atoms with E-state index in [0.29, 0.717) is 101 Å². The molecule has 14 N–H and O–H groups in total. The lowest BCUT2D eigenvalue weighted by molar-refractivity contribution is -0.127. The van der Waals surface area contributed by atoms with E-state index in [9.17, 15) is 57.5 Å². The normalized spacial score (nSPS) is 20.5. The Hall–Kier alpha value is -10.9. The second kappa shape index (κ2) is 41.7. The van der Waals surface area contributed by atoms with Crippen molar-refractivity contribution >= 4 is 191 Å². The summed E-state index contributed by atoms with van der Waals surface area (Å²) in [6.07, 6.45) is 12.8. The molecule has 0 bridgehead atoms. The second-order valence-electron chi connectivity index (χ2n) is 34.1. The number of carbonyl (C=O) groups is 12. The number of benzene rings is 4. The van der Waals surface area contributed by atoms with Crippen LogP contribution in [0.1, 0.15) is 220 Å². The van der Waals surface area contributed by atoms with E-state index in [0.717, 1.165) is 127 Å². The van der Waals surface area contributed by atoms with Crippen LogP contribution in [0.2, 0.25) is 0 Å². The molecule has 11 heterocycles. The number of fused-ring (bicyclic) bond motifs is 12. The molecule has 7 atom stereocenters. The highest BCUT2D eigenvalue weighted by Crippen LogP contribution is 2.42.